The average molecular weight is 672 g/mol. The molecule has 0 aliphatic heterocycles. The van der Waals surface area contributed by atoms with Crippen LogP contribution in [0.15, 0.2) is 48.6 Å². The Hall–Kier alpha value is -1.65. The fourth-order valence-corrected chi connectivity index (χ4v) is 6.12. The number of hydrogen-bond donors (Lipinski definition) is 3. The minimum Gasteiger partial charge on any atom is -0.394 e. The molecule has 3 N–H and O–H groups in total. The van der Waals surface area contributed by atoms with Crippen molar-refractivity contribution < 1.29 is 15.0 Å². The van der Waals surface area contributed by atoms with Gasteiger partial charge in [-0.25, -0.2) is 0 Å². The molecular weight excluding hydrogens is 590 g/mol. The normalized spacial score (nSPS) is 13.5. The van der Waals surface area contributed by atoms with Gasteiger partial charge in [0, 0.05) is 6.42 Å². The number of nitrogens with one attached hydrogen (secondary N) is 1. The number of aliphatic hydroxyl groups excluding tert-OH is 2. The summed E-state index contributed by atoms with van der Waals surface area (Å²) in [5, 5.41) is 23.1. The highest BCUT2D eigenvalue weighted by atomic mass is 16.3. The molecule has 0 saturated carbocycles. The minimum absolute atomic E-state index is 0.0858. The Kier molecular flexibility index (Phi) is 38.4. The molecule has 0 radical (unpaired) electrons. The van der Waals surface area contributed by atoms with Crippen LogP contribution in [0.2, 0.25) is 0 Å². The fraction of sp³-hybridized carbons (Fsp3) is 0.795. The van der Waals surface area contributed by atoms with Crippen LogP contribution in [0.25, 0.3) is 0 Å². The standard InChI is InChI=1S/C44H81NO3/c1-3-5-7-9-11-13-15-17-19-20-21-22-23-24-26-28-30-32-34-36-38-40-44(48)45-42(41-46)43(47)39-37-35-33-31-29-27-25-18-16-14-12-10-8-6-4-2/h19-20,22-23,26,28,32,34,42-43,46-47H,3-18,21,24-25,27,29-31,33,35-41H2,1-2H3,(H,45,48)/b20-19+,23-22+,28-26+,34-32+/t42-,43+/m0/s1. The van der Waals surface area contributed by atoms with Crippen molar-refractivity contribution in [3.05, 3.63) is 48.6 Å². The van der Waals surface area contributed by atoms with Crippen molar-refractivity contribution in [1.29, 1.82) is 0 Å². The van der Waals surface area contributed by atoms with Gasteiger partial charge in [-0.2, -0.15) is 0 Å². The Morgan fingerprint density at radius 2 is 0.854 bits per heavy atom. The predicted octanol–water partition coefficient (Wildman–Crippen LogP) is 12.8. The molecule has 0 rings (SSSR count). The Balaban J connectivity index is 3.67. The van der Waals surface area contributed by atoms with Crippen LogP contribution in [-0.2, 0) is 4.79 Å². The molecule has 4 heteroatoms. The smallest absolute Gasteiger partial charge is 0.220 e. The van der Waals surface area contributed by atoms with Gasteiger partial charge in [0.2, 0.25) is 5.91 Å². The zero-order chi connectivity index (χ0) is 35.0. The van der Waals surface area contributed by atoms with Crippen molar-refractivity contribution in [2.45, 2.75) is 219 Å². The predicted molar refractivity (Wildman–Crippen MR) is 211 cm³/mol. The van der Waals surface area contributed by atoms with Gasteiger partial charge in [-0.1, -0.05) is 197 Å². The molecule has 0 heterocycles. The maximum absolute atomic E-state index is 12.4. The second-order valence-corrected chi connectivity index (χ2v) is 14.1. The van der Waals surface area contributed by atoms with Crippen molar-refractivity contribution in [2.75, 3.05) is 6.61 Å². The van der Waals surface area contributed by atoms with Crippen molar-refractivity contribution in [1.82, 2.24) is 5.32 Å². The highest BCUT2D eigenvalue weighted by Crippen LogP contribution is 2.15. The van der Waals surface area contributed by atoms with E-state index >= 15 is 0 Å². The summed E-state index contributed by atoms with van der Waals surface area (Å²) in [5.74, 6) is -0.0858. The lowest BCUT2D eigenvalue weighted by atomic mass is 10.0. The van der Waals surface area contributed by atoms with E-state index in [1.807, 2.05) is 0 Å². The van der Waals surface area contributed by atoms with E-state index < -0.39 is 12.1 Å². The van der Waals surface area contributed by atoms with Gasteiger partial charge in [-0.15, -0.1) is 0 Å². The van der Waals surface area contributed by atoms with Crippen molar-refractivity contribution in [3.8, 4) is 0 Å². The van der Waals surface area contributed by atoms with E-state index in [0.29, 0.717) is 12.8 Å². The molecule has 0 aromatic heterocycles. The SMILES string of the molecule is CCCCCCCCC/C=C/C/C=C/C/C=C/C/C=C/CCCC(=O)N[C@@H](CO)[C@H](O)CCCCCCCCCCCCCCCCC. The molecule has 0 saturated heterocycles. The van der Waals surface area contributed by atoms with Gasteiger partial charge < -0.3 is 15.5 Å². The summed E-state index contributed by atoms with van der Waals surface area (Å²) in [6, 6.07) is -0.565. The van der Waals surface area contributed by atoms with Crippen LogP contribution in [-0.4, -0.2) is 34.9 Å². The maximum atomic E-state index is 12.4. The monoisotopic (exact) mass is 672 g/mol. The summed E-state index contributed by atoms with van der Waals surface area (Å²) in [6.45, 7) is 4.33. The molecule has 48 heavy (non-hydrogen) atoms. The van der Waals surface area contributed by atoms with E-state index in [1.165, 1.54) is 135 Å². The highest BCUT2D eigenvalue weighted by Gasteiger charge is 2.19. The van der Waals surface area contributed by atoms with Gasteiger partial charge in [0.1, 0.15) is 0 Å². The second-order valence-electron chi connectivity index (χ2n) is 14.1. The summed E-state index contributed by atoms with van der Waals surface area (Å²) in [6.07, 6.45) is 53.2. The van der Waals surface area contributed by atoms with E-state index in [9.17, 15) is 15.0 Å². The van der Waals surface area contributed by atoms with Crippen LogP contribution in [0.4, 0.5) is 0 Å². The molecule has 0 aliphatic carbocycles. The third kappa shape index (κ3) is 35.7. The van der Waals surface area contributed by atoms with E-state index in [1.54, 1.807) is 0 Å². The van der Waals surface area contributed by atoms with E-state index in [4.69, 9.17) is 0 Å². The van der Waals surface area contributed by atoms with Gasteiger partial charge >= 0.3 is 0 Å². The van der Waals surface area contributed by atoms with Crippen molar-refractivity contribution >= 4 is 5.91 Å². The van der Waals surface area contributed by atoms with Crippen LogP contribution in [0.5, 0.6) is 0 Å². The Labute approximate surface area is 299 Å². The molecule has 0 bridgehead atoms. The van der Waals surface area contributed by atoms with Crippen LogP contribution in [0.3, 0.4) is 0 Å². The topological polar surface area (TPSA) is 69.6 Å². The highest BCUT2D eigenvalue weighted by molar-refractivity contribution is 5.76. The lowest BCUT2D eigenvalue weighted by molar-refractivity contribution is -0.123. The Morgan fingerprint density at radius 3 is 1.27 bits per heavy atom. The molecule has 0 aromatic carbocycles. The molecule has 0 unspecified atom stereocenters. The number of allylic oxidation sites excluding steroid dienone is 8. The summed E-state index contributed by atoms with van der Waals surface area (Å²) >= 11 is 0. The number of aliphatic hydroxyl groups is 2. The van der Waals surface area contributed by atoms with Crippen LogP contribution in [0, 0.1) is 0 Å². The van der Waals surface area contributed by atoms with Gasteiger partial charge in [-0.3, -0.25) is 4.79 Å². The number of unbranched alkanes of at least 4 members (excludes halogenated alkanes) is 22. The summed E-state index contributed by atoms with van der Waals surface area (Å²) < 4.78 is 0. The van der Waals surface area contributed by atoms with Crippen molar-refractivity contribution in [3.63, 3.8) is 0 Å². The minimum atomic E-state index is -0.682. The zero-order valence-corrected chi connectivity index (χ0v) is 32.0. The molecule has 0 aromatic rings. The van der Waals surface area contributed by atoms with Crippen molar-refractivity contribution in [2.24, 2.45) is 0 Å². The van der Waals surface area contributed by atoms with Gasteiger partial charge in [0.15, 0.2) is 0 Å². The van der Waals surface area contributed by atoms with Gasteiger partial charge in [0.25, 0.3) is 0 Å². The van der Waals surface area contributed by atoms with Crippen LogP contribution >= 0.6 is 0 Å². The third-order valence-electron chi connectivity index (χ3n) is 9.34. The first kappa shape index (κ1) is 46.4. The maximum Gasteiger partial charge on any atom is 0.220 e. The molecule has 2 atom stereocenters. The lowest BCUT2D eigenvalue weighted by Gasteiger charge is -2.22. The molecular formula is C44H81NO3. The zero-order valence-electron chi connectivity index (χ0n) is 32.0. The first-order chi connectivity index (χ1) is 23.7. The summed E-state index contributed by atoms with van der Waals surface area (Å²) in [7, 11) is 0. The molecule has 4 nitrogen and oxygen atoms in total. The number of rotatable bonds is 37. The van der Waals surface area contributed by atoms with Crippen LogP contribution < -0.4 is 5.32 Å². The van der Waals surface area contributed by atoms with E-state index in [2.05, 4.69) is 67.8 Å². The first-order valence-corrected chi connectivity index (χ1v) is 20.8. The van der Waals surface area contributed by atoms with Gasteiger partial charge in [-0.05, 0) is 51.4 Å². The number of hydrogen-bond acceptors (Lipinski definition) is 3. The lowest BCUT2D eigenvalue weighted by Crippen LogP contribution is -2.45. The molecule has 1 amide bonds. The molecule has 280 valence electrons. The quantitative estimate of drug-likeness (QED) is 0.0455. The third-order valence-corrected chi connectivity index (χ3v) is 9.34. The van der Waals surface area contributed by atoms with Gasteiger partial charge in [0.05, 0.1) is 18.8 Å². The fourth-order valence-electron chi connectivity index (χ4n) is 6.12. The molecule has 0 fully saturated rings. The Morgan fingerprint density at radius 1 is 0.500 bits per heavy atom. The van der Waals surface area contributed by atoms with E-state index in [0.717, 1.165) is 44.9 Å². The van der Waals surface area contributed by atoms with E-state index in [-0.39, 0.29) is 12.5 Å². The Bertz CT molecular complexity index is 771. The van der Waals surface area contributed by atoms with Crippen LogP contribution in [0.1, 0.15) is 206 Å². The average Bonchev–Trinajstić information content (AvgIpc) is 3.09. The first-order valence-electron chi connectivity index (χ1n) is 20.8. The number of amides is 1. The summed E-state index contributed by atoms with van der Waals surface area (Å²) in [4.78, 5) is 12.4. The number of carbonyl (C=O) groups excluding carboxylic acids is 1. The second kappa shape index (κ2) is 39.8. The summed E-state index contributed by atoms with van der Waals surface area (Å²) in [5.41, 5.74) is 0. The molecule has 0 aliphatic rings. The largest absolute Gasteiger partial charge is 0.394 e. The number of carbonyl (C=O) groups is 1. The molecule has 0 spiro atoms.